The molecule has 0 spiro atoms. The highest BCUT2D eigenvalue weighted by atomic mass is 32.2. The van der Waals surface area contributed by atoms with Crippen molar-refractivity contribution in [1.82, 2.24) is 4.31 Å². The number of carbonyl (C=O) groups is 2. The first-order valence-corrected chi connectivity index (χ1v) is 10.3. The van der Waals surface area contributed by atoms with Crippen LogP contribution in [0.1, 0.15) is 23.2 Å². The van der Waals surface area contributed by atoms with Crippen LogP contribution >= 0.6 is 0 Å². The summed E-state index contributed by atoms with van der Waals surface area (Å²) < 4.78 is 54.0. The van der Waals surface area contributed by atoms with Crippen LogP contribution < -0.4 is 11.1 Å². The van der Waals surface area contributed by atoms with Crippen LogP contribution in [0.25, 0.3) is 0 Å². The third kappa shape index (κ3) is 4.60. The van der Waals surface area contributed by atoms with Crippen LogP contribution in [0.5, 0.6) is 0 Å². The first-order chi connectivity index (χ1) is 13.7. The Balaban J connectivity index is 1.74. The van der Waals surface area contributed by atoms with E-state index in [0.29, 0.717) is 12.8 Å². The van der Waals surface area contributed by atoms with Crippen molar-refractivity contribution in [2.45, 2.75) is 17.7 Å². The molecule has 2 amide bonds. The first-order valence-electron chi connectivity index (χ1n) is 8.84. The van der Waals surface area contributed by atoms with Gasteiger partial charge in [-0.1, -0.05) is 0 Å². The summed E-state index contributed by atoms with van der Waals surface area (Å²) in [6.07, 6.45) is 0.617. The van der Waals surface area contributed by atoms with Gasteiger partial charge in [0.25, 0.3) is 5.91 Å². The minimum atomic E-state index is -3.95. The van der Waals surface area contributed by atoms with Crippen molar-refractivity contribution in [3.8, 4) is 0 Å². The van der Waals surface area contributed by atoms with Crippen LogP contribution in [0.3, 0.4) is 0 Å². The number of nitrogens with zero attached hydrogens (tertiary/aromatic N) is 1. The Bertz CT molecular complexity index is 1030. The summed E-state index contributed by atoms with van der Waals surface area (Å²) in [5.74, 6) is -2.93. The van der Waals surface area contributed by atoms with Gasteiger partial charge in [-0.2, -0.15) is 4.31 Å². The molecule has 29 heavy (non-hydrogen) atoms. The highest BCUT2D eigenvalue weighted by Crippen LogP contribution is 2.26. The van der Waals surface area contributed by atoms with Gasteiger partial charge in [-0.25, -0.2) is 17.2 Å². The van der Waals surface area contributed by atoms with E-state index in [-0.39, 0.29) is 35.2 Å². The van der Waals surface area contributed by atoms with Gasteiger partial charge in [-0.15, -0.1) is 0 Å². The van der Waals surface area contributed by atoms with Crippen molar-refractivity contribution < 1.29 is 26.8 Å². The molecule has 0 bridgehead atoms. The summed E-state index contributed by atoms with van der Waals surface area (Å²) in [5, 5.41) is 2.33. The molecule has 154 valence electrons. The van der Waals surface area contributed by atoms with Crippen molar-refractivity contribution in [1.29, 1.82) is 0 Å². The summed E-state index contributed by atoms with van der Waals surface area (Å²) >= 11 is 0. The largest absolute Gasteiger partial charge is 0.369 e. The number of primary amides is 1. The van der Waals surface area contributed by atoms with E-state index in [1.165, 1.54) is 22.5 Å². The van der Waals surface area contributed by atoms with Crippen LogP contribution in [-0.2, 0) is 14.8 Å². The second kappa shape index (κ2) is 8.26. The minimum Gasteiger partial charge on any atom is -0.369 e. The fraction of sp³-hybridized carbons (Fsp3) is 0.263. The summed E-state index contributed by atoms with van der Waals surface area (Å²) in [6.45, 7) is 0.223. The van der Waals surface area contributed by atoms with E-state index >= 15 is 0 Å². The monoisotopic (exact) mass is 423 g/mol. The molecule has 0 atom stereocenters. The average molecular weight is 423 g/mol. The van der Waals surface area contributed by atoms with E-state index in [0.717, 1.165) is 24.3 Å². The molecule has 1 saturated heterocycles. The average Bonchev–Trinajstić information content (AvgIpc) is 2.70. The topological polar surface area (TPSA) is 110 Å². The molecule has 1 fully saturated rings. The van der Waals surface area contributed by atoms with Gasteiger partial charge in [0.1, 0.15) is 11.6 Å². The van der Waals surface area contributed by atoms with Gasteiger partial charge < -0.3 is 11.1 Å². The molecular formula is C19H19F2N3O4S. The predicted octanol–water partition coefficient (Wildman–Crippen LogP) is 2.10. The maximum Gasteiger partial charge on any atom is 0.255 e. The Morgan fingerprint density at radius 1 is 1.03 bits per heavy atom. The van der Waals surface area contributed by atoms with Crippen molar-refractivity contribution in [3.05, 3.63) is 59.7 Å². The van der Waals surface area contributed by atoms with Gasteiger partial charge >= 0.3 is 0 Å². The molecule has 1 aliphatic heterocycles. The number of hydrogen-bond donors (Lipinski definition) is 2. The first kappa shape index (κ1) is 20.9. The highest BCUT2D eigenvalue weighted by Gasteiger charge is 2.31. The molecule has 0 radical (unpaired) electrons. The Morgan fingerprint density at radius 3 is 2.21 bits per heavy atom. The van der Waals surface area contributed by atoms with Gasteiger partial charge in [-0.05, 0) is 55.3 Å². The van der Waals surface area contributed by atoms with Crippen molar-refractivity contribution in [2.24, 2.45) is 11.7 Å². The summed E-state index contributed by atoms with van der Waals surface area (Å²) in [5.41, 5.74) is 5.17. The van der Waals surface area contributed by atoms with Gasteiger partial charge in [-0.3, -0.25) is 9.59 Å². The maximum atomic E-state index is 14.4. The van der Waals surface area contributed by atoms with E-state index in [4.69, 9.17) is 5.73 Å². The smallest absolute Gasteiger partial charge is 0.255 e. The van der Waals surface area contributed by atoms with Crippen LogP contribution in [0.4, 0.5) is 14.5 Å². The molecule has 3 N–H and O–H groups in total. The lowest BCUT2D eigenvalue weighted by Crippen LogP contribution is -2.41. The van der Waals surface area contributed by atoms with E-state index < -0.39 is 33.5 Å². The molecule has 2 aromatic rings. The number of benzene rings is 2. The Labute approximate surface area is 166 Å². The number of rotatable bonds is 5. The molecule has 0 unspecified atom stereocenters. The lowest BCUT2D eigenvalue weighted by molar-refractivity contribution is -0.122. The number of nitrogens with one attached hydrogen (secondary N) is 1. The van der Waals surface area contributed by atoms with Gasteiger partial charge in [0, 0.05) is 24.6 Å². The standard InChI is InChI=1S/C19H19F2N3O4S/c20-14-3-1-13(2-4-14)19(26)23-17-6-5-15(11-16(17)21)29(27,28)24-9-7-12(8-10-24)18(22)25/h1-6,11-12H,7-10H2,(H2,22,25)(H,23,26). The lowest BCUT2D eigenvalue weighted by atomic mass is 9.98. The number of piperidine rings is 1. The normalized spacial score (nSPS) is 15.8. The highest BCUT2D eigenvalue weighted by molar-refractivity contribution is 7.89. The van der Waals surface area contributed by atoms with Crippen LogP contribution in [0.15, 0.2) is 47.4 Å². The molecule has 7 nitrogen and oxygen atoms in total. The molecule has 1 heterocycles. The number of amides is 2. The molecule has 2 aromatic carbocycles. The van der Waals surface area contributed by atoms with Crippen LogP contribution in [0, 0.1) is 17.6 Å². The maximum absolute atomic E-state index is 14.4. The van der Waals surface area contributed by atoms with Crippen molar-refractivity contribution in [2.75, 3.05) is 18.4 Å². The Kier molecular flexibility index (Phi) is 5.94. The number of hydrogen-bond acceptors (Lipinski definition) is 4. The lowest BCUT2D eigenvalue weighted by Gasteiger charge is -2.29. The van der Waals surface area contributed by atoms with E-state index in [2.05, 4.69) is 5.32 Å². The fourth-order valence-electron chi connectivity index (χ4n) is 3.08. The van der Waals surface area contributed by atoms with Crippen LogP contribution in [0.2, 0.25) is 0 Å². The van der Waals surface area contributed by atoms with E-state index in [1.54, 1.807) is 0 Å². The van der Waals surface area contributed by atoms with E-state index in [9.17, 15) is 26.8 Å². The summed E-state index contributed by atoms with van der Waals surface area (Å²) in [7, 11) is -3.95. The minimum absolute atomic E-state index is 0.112. The third-order valence-corrected chi connectivity index (χ3v) is 6.68. The van der Waals surface area contributed by atoms with Crippen molar-refractivity contribution >= 4 is 27.5 Å². The molecular weight excluding hydrogens is 404 g/mol. The van der Waals surface area contributed by atoms with Gasteiger partial charge in [0.2, 0.25) is 15.9 Å². The zero-order valence-electron chi connectivity index (χ0n) is 15.3. The quantitative estimate of drug-likeness (QED) is 0.767. The predicted molar refractivity (Wildman–Crippen MR) is 101 cm³/mol. The second-order valence-corrected chi connectivity index (χ2v) is 8.62. The molecule has 3 rings (SSSR count). The molecule has 0 saturated carbocycles. The number of carbonyl (C=O) groups excluding carboxylic acids is 2. The third-order valence-electron chi connectivity index (χ3n) is 4.79. The molecule has 1 aliphatic rings. The SMILES string of the molecule is NC(=O)C1CCN(S(=O)(=O)c2ccc(NC(=O)c3ccc(F)cc3)c(F)c2)CC1. The zero-order valence-corrected chi connectivity index (χ0v) is 16.1. The number of anilines is 1. The summed E-state index contributed by atoms with van der Waals surface area (Å²) in [6, 6.07) is 7.87. The molecule has 0 aliphatic carbocycles. The van der Waals surface area contributed by atoms with Crippen molar-refractivity contribution in [3.63, 3.8) is 0 Å². The molecule has 0 aromatic heterocycles. The number of halogens is 2. The fourth-order valence-corrected chi connectivity index (χ4v) is 4.57. The molecule has 10 heteroatoms. The van der Waals surface area contributed by atoms with Gasteiger partial charge in [0.05, 0.1) is 10.6 Å². The summed E-state index contributed by atoms with van der Waals surface area (Å²) in [4.78, 5) is 23.1. The van der Waals surface area contributed by atoms with Gasteiger partial charge in [0.15, 0.2) is 0 Å². The number of sulfonamides is 1. The van der Waals surface area contributed by atoms with E-state index in [1.807, 2.05) is 0 Å². The zero-order chi connectivity index (χ0) is 21.2. The number of nitrogens with two attached hydrogens (primary N) is 1. The van der Waals surface area contributed by atoms with Crippen LogP contribution in [-0.4, -0.2) is 37.6 Å². The Hall–Kier alpha value is -2.85. The Morgan fingerprint density at radius 2 is 1.66 bits per heavy atom. The second-order valence-electron chi connectivity index (χ2n) is 6.68.